The Morgan fingerprint density at radius 2 is 2.00 bits per heavy atom. The van der Waals surface area contributed by atoms with E-state index in [4.69, 9.17) is 4.74 Å². The third kappa shape index (κ3) is 3.67. The quantitative estimate of drug-likeness (QED) is 0.834. The summed E-state index contributed by atoms with van der Waals surface area (Å²) in [4.78, 5) is 12.2. The van der Waals surface area contributed by atoms with Gasteiger partial charge in [-0.05, 0) is 36.8 Å². The van der Waals surface area contributed by atoms with Crippen molar-refractivity contribution in [3.05, 3.63) is 46.2 Å². The molecule has 21 heavy (non-hydrogen) atoms. The van der Waals surface area contributed by atoms with Gasteiger partial charge in [0.1, 0.15) is 5.75 Å². The molecule has 0 unspecified atom stereocenters. The molecule has 1 aromatic carbocycles. The maximum atomic E-state index is 12.2. The number of benzene rings is 1. The van der Waals surface area contributed by atoms with Crippen molar-refractivity contribution in [1.82, 2.24) is 9.78 Å². The molecule has 0 amide bonds. The van der Waals surface area contributed by atoms with Gasteiger partial charge in [0.25, 0.3) is 5.56 Å². The lowest BCUT2D eigenvalue weighted by molar-refractivity contribution is 0.415. The number of aromatic nitrogens is 2. The van der Waals surface area contributed by atoms with Crippen molar-refractivity contribution < 1.29 is 4.74 Å². The molecule has 0 aliphatic carbocycles. The third-order valence-electron chi connectivity index (χ3n) is 3.33. The number of thiol groups is 1. The van der Waals surface area contributed by atoms with E-state index in [-0.39, 0.29) is 5.56 Å². The summed E-state index contributed by atoms with van der Waals surface area (Å²) >= 11 is 4.25. The molecular formula is C16H20N2O2S. The van der Waals surface area contributed by atoms with Gasteiger partial charge in [-0.3, -0.25) is 4.79 Å². The Kier molecular flexibility index (Phi) is 5.44. The number of unbranched alkanes of at least 4 members (excludes halogenated alkanes) is 1. The molecular weight excluding hydrogens is 284 g/mol. The van der Waals surface area contributed by atoms with Gasteiger partial charge in [-0.1, -0.05) is 13.3 Å². The first-order valence-electron chi connectivity index (χ1n) is 7.06. The monoisotopic (exact) mass is 304 g/mol. The van der Waals surface area contributed by atoms with Crippen LogP contribution in [0.5, 0.6) is 5.75 Å². The number of aryl methyl sites for hydroxylation is 1. The second-order valence-electron chi connectivity index (χ2n) is 4.82. The Bertz CT molecular complexity index is 650. The maximum Gasteiger partial charge on any atom is 0.270 e. The van der Waals surface area contributed by atoms with Gasteiger partial charge in [0.15, 0.2) is 0 Å². The van der Waals surface area contributed by atoms with Crippen LogP contribution in [0, 0.1) is 0 Å². The number of nitrogens with zero attached hydrogens (tertiary/aromatic N) is 2. The van der Waals surface area contributed by atoms with E-state index in [2.05, 4.69) is 24.7 Å². The van der Waals surface area contributed by atoms with Crippen molar-refractivity contribution in [1.29, 1.82) is 0 Å². The summed E-state index contributed by atoms with van der Waals surface area (Å²) in [6.07, 6.45) is 1.96. The van der Waals surface area contributed by atoms with Crippen molar-refractivity contribution in [3.8, 4) is 17.0 Å². The molecule has 2 aromatic rings. The molecule has 2 rings (SSSR count). The van der Waals surface area contributed by atoms with E-state index in [0.717, 1.165) is 29.8 Å². The molecule has 0 bridgehead atoms. The first-order chi connectivity index (χ1) is 10.2. The molecule has 0 radical (unpaired) electrons. The fourth-order valence-electron chi connectivity index (χ4n) is 2.07. The van der Waals surface area contributed by atoms with Gasteiger partial charge in [0, 0.05) is 23.4 Å². The van der Waals surface area contributed by atoms with Crippen LogP contribution >= 0.6 is 12.6 Å². The third-order valence-corrected chi connectivity index (χ3v) is 3.67. The second kappa shape index (κ2) is 7.31. The maximum absolute atomic E-state index is 12.2. The van der Waals surface area contributed by atoms with E-state index in [1.54, 1.807) is 11.8 Å². The fraction of sp³-hybridized carbons (Fsp3) is 0.375. The van der Waals surface area contributed by atoms with E-state index in [1.165, 1.54) is 0 Å². The first kappa shape index (κ1) is 15.6. The van der Waals surface area contributed by atoms with Crippen molar-refractivity contribution in [2.75, 3.05) is 7.11 Å². The Morgan fingerprint density at radius 1 is 1.29 bits per heavy atom. The SMILES string of the molecule is CCCCn1nc(-c2ccc(OC)cc2)cc(CS)c1=O. The zero-order valence-corrected chi connectivity index (χ0v) is 13.3. The van der Waals surface area contributed by atoms with Crippen LogP contribution in [0.3, 0.4) is 0 Å². The lowest BCUT2D eigenvalue weighted by atomic mass is 10.1. The molecule has 0 N–H and O–H groups in total. The second-order valence-corrected chi connectivity index (χ2v) is 5.14. The van der Waals surface area contributed by atoms with E-state index < -0.39 is 0 Å². The predicted octanol–water partition coefficient (Wildman–Crippen LogP) is 3.15. The molecule has 0 aliphatic heterocycles. The highest BCUT2D eigenvalue weighted by Crippen LogP contribution is 2.20. The lowest BCUT2D eigenvalue weighted by Crippen LogP contribution is -2.26. The Labute approximate surface area is 130 Å². The molecule has 0 saturated heterocycles. The van der Waals surface area contributed by atoms with Crippen LogP contribution in [0.1, 0.15) is 25.3 Å². The van der Waals surface area contributed by atoms with Crippen LogP contribution in [-0.2, 0) is 12.3 Å². The van der Waals surface area contributed by atoms with E-state index in [1.807, 2.05) is 30.3 Å². The predicted molar refractivity (Wildman–Crippen MR) is 88.1 cm³/mol. The van der Waals surface area contributed by atoms with Gasteiger partial charge in [-0.15, -0.1) is 0 Å². The van der Waals surface area contributed by atoms with Gasteiger partial charge in [0.2, 0.25) is 0 Å². The molecule has 0 aliphatic rings. The molecule has 112 valence electrons. The summed E-state index contributed by atoms with van der Waals surface area (Å²) in [6, 6.07) is 9.48. The van der Waals surface area contributed by atoms with Crippen molar-refractivity contribution in [2.45, 2.75) is 32.1 Å². The molecule has 0 spiro atoms. The summed E-state index contributed by atoms with van der Waals surface area (Å²) < 4.78 is 6.71. The number of hydrogen-bond donors (Lipinski definition) is 1. The van der Waals surface area contributed by atoms with E-state index >= 15 is 0 Å². The zero-order valence-electron chi connectivity index (χ0n) is 12.4. The van der Waals surface area contributed by atoms with Gasteiger partial charge < -0.3 is 4.74 Å². The summed E-state index contributed by atoms with van der Waals surface area (Å²) in [6.45, 7) is 2.73. The minimum Gasteiger partial charge on any atom is -0.497 e. The van der Waals surface area contributed by atoms with Crippen molar-refractivity contribution in [2.24, 2.45) is 0 Å². The number of methoxy groups -OCH3 is 1. The Hall–Kier alpha value is -1.75. The summed E-state index contributed by atoms with van der Waals surface area (Å²) in [7, 11) is 1.64. The van der Waals surface area contributed by atoms with Crippen LogP contribution in [0.2, 0.25) is 0 Å². The highest BCUT2D eigenvalue weighted by molar-refractivity contribution is 7.79. The molecule has 5 heteroatoms. The number of hydrogen-bond acceptors (Lipinski definition) is 4. The highest BCUT2D eigenvalue weighted by Gasteiger charge is 2.09. The summed E-state index contributed by atoms with van der Waals surface area (Å²) in [5.74, 6) is 1.21. The number of rotatable bonds is 6. The van der Waals surface area contributed by atoms with E-state index in [0.29, 0.717) is 17.9 Å². The molecule has 0 fully saturated rings. The largest absolute Gasteiger partial charge is 0.497 e. The summed E-state index contributed by atoms with van der Waals surface area (Å²) in [5.41, 5.74) is 2.38. The minimum atomic E-state index is -0.0456. The molecule has 4 nitrogen and oxygen atoms in total. The zero-order chi connectivity index (χ0) is 15.2. The van der Waals surface area contributed by atoms with Gasteiger partial charge >= 0.3 is 0 Å². The van der Waals surface area contributed by atoms with Crippen LogP contribution in [0.4, 0.5) is 0 Å². The van der Waals surface area contributed by atoms with Gasteiger partial charge in [0.05, 0.1) is 12.8 Å². The van der Waals surface area contributed by atoms with Gasteiger partial charge in [-0.25, -0.2) is 4.68 Å². The molecule has 0 atom stereocenters. The van der Waals surface area contributed by atoms with Crippen molar-refractivity contribution in [3.63, 3.8) is 0 Å². The minimum absolute atomic E-state index is 0.0456. The topological polar surface area (TPSA) is 44.1 Å². The first-order valence-corrected chi connectivity index (χ1v) is 7.69. The highest BCUT2D eigenvalue weighted by atomic mass is 32.1. The Morgan fingerprint density at radius 3 is 2.57 bits per heavy atom. The smallest absolute Gasteiger partial charge is 0.270 e. The molecule has 0 saturated carbocycles. The molecule has 1 aromatic heterocycles. The van der Waals surface area contributed by atoms with E-state index in [9.17, 15) is 4.79 Å². The van der Waals surface area contributed by atoms with Crippen LogP contribution in [-0.4, -0.2) is 16.9 Å². The lowest BCUT2D eigenvalue weighted by Gasteiger charge is -2.10. The average Bonchev–Trinajstić information content (AvgIpc) is 2.54. The molecule has 1 heterocycles. The Balaban J connectivity index is 2.44. The normalized spacial score (nSPS) is 10.6. The standard InChI is InChI=1S/C16H20N2O2S/c1-3-4-9-18-16(19)13(11-21)10-15(17-18)12-5-7-14(20-2)8-6-12/h5-8,10,21H,3-4,9,11H2,1-2H3. The summed E-state index contributed by atoms with van der Waals surface area (Å²) in [5, 5.41) is 4.47. The van der Waals surface area contributed by atoms with Crippen LogP contribution in [0.15, 0.2) is 35.1 Å². The fourth-order valence-corrected chi connectivity index (χ4v) is 2.30. The van der Waals surface area contributed by atoms with Gasteiger partial charge in [-0.2, -0.15) is 17.7 Å². The number of ether oxygens (including phenoxy) is 1. The van der Waals surface area contributed by atoms with Crippen LogP contribution in [0.25, 0.3) is 11.3 Å². The van der Waals surface area contributed by atoms with Crippen molar-refractivity contribution >= 4 is 12.6 Å². The average molecular weight is 304 g/mol. The van der Waals surface area contributed by atoms with Crippen LogP contribution < -0.4 is 10.3 Å².